The maximum Gasteiger partial charge on any atom is 0.0663 e. The van der Waals surface area contributed by atoms with E-state index in [1.165, 1.54) is 24.0 Å². The van der Waals surface area contributed by atoms with Crippen molar-refractivity contribution in [2.75, 3.05) is 0 Å². The van der Waals surface area contributed by atoms with Gasteiger partial charge >= 0.3 is 0 Å². The highest BCUT2D eigenvalue weighted by Gasteiger charge is 2.22. The Bertz CT molecular complexity index is 362. The summed E-state index contributed by atoms with van der Waals surface area (Å²) >= 11 is 0. The third-order valence-electron chi connectivity index (χ3n) is 2.83. The SMILES string of the molecule is C#CC(C)N[C@H]1CCc2ccccc21. The molecular formula is C13H15N. The van der Waals surface area contributed by atoms with E-state index in [1.54, 1.807) is 0 Å². The van der Waals surface area contributed by atoms with Crippen molar-refractivity contribution in [1.82, 2.24) is 5.32 Å². The van der Waals surface area contributed by atoms with Crippen molar-refractivity contribution in [2.45, 2.75) is 31.8 Å². The van der Waals surface area contributed by atoms with Crippen LogP contribution in [0.3, 0.4) is 0 Å². The first kappa shape index (κ1) is 9.30. The van der Waals surface area contributed by atoms with Crippen LogP contribution in [0, 0.1) is 12.3 Å². The lowest BCUT2D eigenvalue weighted by atomic mass is 10.1. The largest absolute Gasteiger partial charge is 0.297 e. The predicted molar refractivity (Wildman–Crippen MR) is 58.9 cm³/mol. The van der Waals surface area contributed by atoms with E-state index < -0.39 is 0 Å². The zero-order valence-electron chi connectivity index (χ0n) is 8.46. The van der Waals surface area contributed by atoms with Gasteiger partial charge in [0.1, 0.15) is 0 Å². The molecule has 1 nitrogen and oxygen atoms in total. The highest BCUT2D eigenvalue weighted by atomic mass is 14.9. The second-order valence-corrected chi connectivity index (χ2v) is 3.85. The van der Waals surface area contributed by atoms with E-state index in [1.807, 2.05) is 6.92 Å². The van der Waals surface area contributed by atoms with E-state index in [4.69, 9.17) is 6.42 Å². The van der Waals surface area contributed by atoms with Crippen LogP contribution >= 0.6 is 0 Å². The van der Waals surface area contributed by atoms with Crippen LogP contribution in [-0.2, 0) is 6.42 Å². The van der Waals surface area contributed by atoms with Crippen LogP contribution in [0.15, 0.2) is 24.3 Å². The highest BCUT2D eigenvalue weighted by molar-refractivity contribution is 5.34. The van der Waals surface area contributed by atoms with Gasteiger partial charge in [0.15, 0.2) is 0 Å². The Morgan fingerprint density at radius 2 is 2.29 bits per heavy atom. The van der Waals surface area contributed by atoms with Crippen molar-refractivity contribution in [1.29, 1.82) is 0 Å². The summed E-state index contributed by atoms with van der Waals surface area (Å²) in [6.45, 7) is 2.03. The fourth-order valence-corrected chi connectivity index (χ4v) is 2.08. The van der Waals surface area contributed by atoms with Gasteiger partial charge < -0.3 is 0 Å². The Morgan fingerprint density at radius 1 is 1.50 bits per heavy atom. The summed E-state index contributed by atoms with van der Waals surface area (Å²) in [4.78, 5) is 0. The topological polar surface area (TPSA) is 12.0 Å². The van der Waals surface area contributed by atoms with E-state index in [0.29, 0.717) is 6.04 Å². The van der Waals surface area contributed by atoms with E-state index in [9.17, 15) is 0 Å². The van der Waals surface area contributed by atoms with Gasteiger partial charge in [-0.05, 0) is 30.9 Å². The molecular weight excluding hydrogens is 170 g/mol. The molecule has 0 radical (unpaired) electrons. The lowest BCUT2D eigenvalue weighted by molar-refractivity contribution is 0.508. The number of nitrogens with one attached hydrogen (secondary N) is 1. The number of benzene rings is 1. The Kier molecular flexibility index (Phi) is 2.56. The lowest BCUT2D eigenvalue weighted by Gasteiger charge is -2.16. The number of terminal acetylenes is 1. The van der Waals surface area contributed by atoms with Gasteiger partial charge in [0.2, 0.25) is 0 Å². The maximum atomic E-state index is 5.36. The van der Waals surface area contributed by atoms with Crippen molar-refractivity contribution < 1.29 is 0 Å². The molecule has 0 saturated carbocycles. The van der Waals surface area contributed by atoms with Gasteiger partial charge in [0, 0.05) is 6.04 Å². The summed E-state index contributed by atoms with van der Waals surface area (Å²) in [5, 5.41) is 3.45. The fraction of sp³-hybridized carbons (Fsp3) is 0.385. The van der Waals surface area contributed by atoms with Gasteiger partial charge in [-0.3, -0.25) is 5.32 Å². The smallest absolute Gasteiger partial charge is 0.0663 e. The third kappa shape index (κ3) is 1.66. The van der Waals surface area contributed by atoms with Crippen LogP contribution in [0.2, 0.25) is 0 Å². The first-order chi connectivity index (χ1) is 6.81. The van der Waals surface area contributed by atoms with E-state index in [2.05, 4.69) is 35.5 Å². The van der Waals surface area contributed by atoms with Crippen LogP contribution in [-0.4, -0.2) is 6.04 Å². The quantitative estimate of drug-likeness (QED) is 0.697. The van der Waals surface area contributed by atoms with Gasteiger partial charge in [-0.25, -0.2) is 0 Å². The highest BCUT2D eigenvalue weighted by Crippen LogP contribution is 2.30. The summed E-state index contributed by atoms with van der Waals surface area (Å²) in [5.74, 6) is 2.71. The van der Waals surface area contributed by atoms with Gasteiger partial charge in [0.25, 0.3) is 0 Å². The van der Waals surface area contributed by atoms with Crippen LogP contribution < -0.4 is 5.32 Å². The minimum absolute atomic E-state index is 0.158. The summed E-state index contributed by atoms with van der Waals surface area (Å²) in [6, 6.07) is 9.22. The first-order valence-electron chi connectivity index (χ1n) is 5.11. The fourth-order valence-electron chi connectivity index (χ4n) is 2.08. The van der Waals surface area contributed by atoms with Gasteiger partial charge in [-0.15, -0.1) is 6.42 Å². The molecule has 1 unspecified atom stereocenters. The molecule has 1 aliphatic carbocycles. The van der Waals surface area contributed by atoms with E-state index in [-0.39, 0.29) is 6.04 Å². The van der Waals surface area contributed by atoms with Crippen molar-refractivity contribution in [3.05, 3.63) is 35.4 Å². The van der Waals surface area contributed by atoms with Crippen molar-refractivity contribution in [2.24, 2.45) is 0 Å². The van der Waals surface area contributed by atoms with Crippen LogP contribution in [0.1, 0.15) is 30.5 Å². The van der Waals surface area contributed by atoms with Crippen LogP contribution in [0.5, 0.6) is 0 Å². The number of aryl methyl sites for hydroxylation is 1. The Labute approximate surface area is 85.5 Å². The molecule has 0 fully saturated rings. The molecule has 1 aromatic carbocycles. The average molecular weight is 185 g/mol. The van der Waals surface area contributed by atoms with Gasteiger partial charge in [-0.2, -0.15) is 0 Å². The van der Waals surface area contributed by atoms with Crippen molar-refractivity contribution in [3.63, 3.8) is 0 Å². The number of hydrogen-bond donors (Lipinski definition) is 1. The molecule has 1 N–H and O–H groups in total. The monoisotopic (exact) mass is 185 g/mol. The van der Waals surface area contributed by atoms with Crippen molar-refractivity contribution >= 4 is 0 Å². The molecule has 0 bridgehead atoms. The van der Waals surface area contributed by atoms with Crippen molar-refractivity contribution in [3.8, 4) is 12.3 Å². The molecule has 0 saturated heterocycles. The molecule has 2 rings (SSSR count). The second kappa shape index (κ2) is 3.86. The Morgan fingerprint density at radius 3 is 3.07 bits per heavy atom. The van der Waals surface area contributed by atoms with E-state index >= 15 is 0 Å². The first-order valence-corrected chi connectivity index (χ1v) is 5.11. The van der Waals surface area contributed by atoms with Crippen LogP contribution in [0.25, 0.3) is 0 Å². The molecule has 1 aliphatic rings. The average Bonchev–Trinajstić information content (AvgIpc) is 2.62. The number of rotatable bonds is 2. The molecule has 1 aromatic rings. The predicted octanol–water partition coefficient (Wildman–Crippen LogP) is 2.29. The van der Waals surface area contributed by atoms with Crippen LogP contribution in [0.4, 0.5) is 0 Å². The Hall–Kier alpha value is -1.26. The summed E-state index contributed by atoms with van der Waals surface area (Å²) in [6.07, 6.45) is 7.70. The summed E-state index contributed by atoms with van der Waals surface area (Å²) < 4.78 is 0. The molecule has 0 heterocycles. The summed E-state index contributed by atoms with van der Waals surface area (Å²) in [5.41, 5.74) is 2.89. The molecule has 72 valence electrons. The molecule has 2 atom stereocenters. The maximum absolute atomic E-state index is 5.36. The molecule has 0 aromatic heterocycles. The number of fused-ring (bicyclic) bond motifs is 1. The number of hydrogen-bond acceptors (Lipinski definition) is 1. The zero-order chi connectivity index (χ0) is 9.97. The molecule has 1 heteroatoms. The van der Waals surface area contributed by atoms with Gasteiger partial charge in [0.05, 0.1) is 6.04 Å². The van der Waals surface area contributed by atoms with E-state index in [0.717, 1.165) is 0 Å². The van der Waals surface area contributed by atoms with Gasteiger partial charge in [-0.1, -0.05) is 30.2 Å². The molecule has 14 heavy (non-hydrogen) atoms. The lowest BCUT2D eigenvalue weighted by Crippen LogP contribution is -2.27. The zero-order valence-corrected chi connectivity index (χ0v) is 8.46. The summed E-state index contributed by atoms with van der Waals surface area (Å²) in [7, 11) is 0. The molecule has 0 amide bonds. The minimum atomic E-state index is 0.158. The standard InChI is InChI=1S/C13H15N/c1-3-10(2)14-13-9-8-11-6-4-5-7-12(11)13/h1,4-7,10,13-14H,8-9H2,2H3/t10?,13-/m0/s1. The normalized spacial score (nSPS) is 21.3. The molecule has 0 aliphatic heterocycles. The Balaban J connectivity index is 2.15. The second-order valence-electron chi connectivity index (χ2n) is 3.85. The third-order valence-corrected chi connectivity index (χ3v) is 2.83. The minimum Gasteiger partial charge on any atom is -0.297 e. The molecule has 0 spiro atoms.